The molecule has 0 aromatic heterocycles. The number of nitrogens with zero attached hydrogens (tertiary/aromatic N) is 1. The molecule has 0 aliphatic heterocycles. The molecule has 1 aromatic carbocycles. The lowest BCUT2D eigenvalue weighted by atomic mass is 10.3. The molecule has 2 N–H and O–H groups in total. The van der Waals surface area contributed by atoms with Gasteiger partial charge in [-0.05, 0) is 18.2 Å². The van der Waals surface area contributed by atoms with Gasteiger partial charge < -0.3 is 10.6 Å². The van der Waals surface area contributed by atoms with Crippen molar-refractivity contribution in [2.45, 2.75) is 4.90 Å². The zero-order valence-electron chi connectivity index (χ0n) is 9.47. The quantitative estimate of drug-likeness (QED) is 0.625. The number of halogens is 1. The van der Waals surface area contributed by atoms with Gasteiger partial charge in [-0.1, -0.05) is 0 Å². The number of benzene rings is 1. The Balaban J connectivity index is 3.10. The van der Waals surface area contributed by atoms with E-state index in [9.17, 15) is 17.6 Å². The molecule has 0 saturated heterocycles. The van der Waals surface area contributed by atoms with Crippen LogP contribution in [0.5, 0.6) is 0 Å². The maximum Gasteiger partial charge on any atom is 0.237 e. The van der Waals surface area contributed by atoms with Crippen LogP contribution < -0.4 is 5.73 Å². The van der Waals surface area contributed by atoms with Crippen molar-refractivity contribution in [2.24, 2.45) is 0 Å². The van der Waals surface area contributed by atoms with Crippen LogP contribution in [0.25, 0.3) is 0 Å². The highest BCUT2D eigenvalue weighted by Crippen LogP contribution is 2.20. The Hall–Kier alpha value is -1.63. The van der Waals surface area contributed by atoms with Crippen LogP contribution in [0, 0.1) is 5.82 Å². The molecule has 94 valence electrons. The number of hydrogen-bond acceptors (Lipinski definition) is 4. The number of carbonyl (C=O) groups is 1. The minimum atomic E-state index is -3.83. The van der Waals surface area contributed by atoms with Crippen molar-refractivity contribution in [3.63, 3.8) is 0 Å². The zero-order chi connectivity index (χ0) is 13.2. The largest absolute Gasteiger partial charge is 0.398 e. The van der Waals surface area contributed by atoms with Crippen LogP contribution in [0.1, 0.15) is 0 Å². The van der Waals surface area contributed by atoms with Gasteiger partial charge in [0.15, 0.2) is 9.84 Å². The molecular weight excluding hydrogens is 247 g/mol. The fourth-order valence-electron chi connectivity index (χ4n) is 1.17. The molecule has 7 heteroatoms. The van der Waals surface area contributed by atoms with Crippen LogP contribution in [0.15, 0.2) is 23.1 Å². The van der Waals surface area contributed by atoms with Crippen LogP contribution in [-0.2, 0) is 14.6 Å². The van der Waals surface area contributed by atoms with Crippen molar-refractivity contribution >= 4 is 21.4 Å². The maximum atomic E-state index is 12.8. The summed E-state index contributed by atoms with van der Waals surface area (Å²) in [6.45, 7) is 0. The first-order valence-corrected chi connectivity index (χ1v) is 6.37. The topological polar surface area (TPSA) is 80.5 Å². The number of anilines is 1. The Morgan fingerprint density at radius 2 is 2.00 bits per heavy atom. The predicted molar refractivity (Wildman–Crippen MR) is 61.6 cm³/mol. The van der Waals surface area contributed by atoms with Crippen molar-refractivity contribution in [3.8, 4) is 0 Å². The standard InChI is InChI=1S/C10H13FN2O3S/c1-13(2)10(14)6-17(15,16)9-4-3-7(11)5-8(9)12/h3-5H,6,12H2,1-2H3. The first-order chi connectivity index (χ1) is 7.74. The first-order valence-electron chi connectivity index (χ1n) is 4.72. The molecule has 0 spiro atoms. The van der Waals surface area contributed by atoms with Crippen molar-refractivity contribution in [3.05, 3.63) is 24.0 Å². The molecule has 0 radical (unpaired) electrons. The highest BCUT2D eigenvalue weighted by Gasteiger charge is 2.22. The molecule has 0 fully saturated rings. The third-order valence-electron chi connectivity index (χ3n) is 2.12. The molecule has 0 heterocycles. The van der Waals surface area contributed by atoms with Crippen molar-refractivity contribution in [1.82, 2.24) is 4.90 Å². The second-order valence-electron chi connectivity index (χ2n) is 3.73. The summed E-state index contributed by atoms with van der Waals surface area (Å²) in [5, 5.41) is 0. The highest BCUT2D eigenvalue weighted by molar-refractivity contribution is 7.92. The van der Waals surface area contributed by atoms with Gasteiger partial charge in [-0.15, -0.1) is 0 Å². The lowest BCUT2D eigenvalue weighted by Crippen LogP contribution is -2.29. The van der Waals surface area contributed by atoms with Crippen LogP contribution >= 0.6 is 0 Å². The second-order valence-corrected chi connectivity index (χ2v) is 5.69. The second kappa shape index (κ2) is 4.70. The Morgan fingerprint density at radius 3 is 2.47 bits per heavy atom. The normalized spacial score (nSPS) is 11.2. The molecule has 0 aliphatic carbocycles. The van der Waals surface area contributed by atoms with Crippen LogP contribution in [0.4, 0.5) is 10.1 Å². The van der Waals surface area contributed by atoms with E-state index in [4.69, 9.17) is 5.73 Å². The van der Waals surface area contributed by atoms with Gasteiger partial charge in [-0.2, -0.15) is 0 Å². The number of sulfone groups is 1. The van der Waals surface area contributed by atoms with Gasteiger partial charge in [0.1, 0.15) is 11.6 Å². The van der Waals surface area contributed by atoms with E-state index in [1.165, 1.54) is 14.1 Å². The third kappa shape index (κ3) is 3.16. The highest BCUT2D eigenvalue weighted by atomic mass is 32.2. The number of nitrogens with two attached hydrogens (primary N) is 1. The van der Waals surface area contributed by atoms with E-state index in [1.54, 1.807) is 0 Å². The van der Waals surface area contributed by atoms with Gasteiger partial charge in [0, 0.05) is 14.1 Å². The number of nitrogen functional groups attached to an aromatic ring is 1. The molecule has 17 heavy (non-hydrogen) atoms. The van der Waals surface area contributed by atoms with E-state index in [1.807, 2.05) is 0 Å². The lowest BCUT2D eigenvalue weighted by molar-refractivity contribution is -0.125. The summed E-state index contributed by atoms with van der Waals surface area (Å²) in [6, 6.07) is 2.96. The Morgan fingerprint density at radius 1 is 1.41 bits per heavy atom. The summed E-state index contributed by atoms with van der Waals surface area (Å²) in [6.07, 6.45) is 0. The van der Waals surface area contributed by atoms with Crippen LogP contribution in [0.3, 0.4) is 0 Å². The van der Waals surface area contributed by atoms with E-state index >= 15 is 0 Å². The monoisotopic (exact) mass is 260 g/mol. The fourth-order valence-corrected chi connectivity index (χ4v) is 2.60. The smallest absolute Gasteiger partial charge is 0.237 e. The maximum absolute atomic E-state index is 12.8. The first kappa shape index (κ1) is 13.4. The van der Waals surface area contributed by atoms with E-state index in [2.05, 4.69) is 0 Å². The average molecular weight is 260 g/mol. The summed E-state index contributed by atoms with van der Waals surface area (Å²) in [5.74, 6) is -1.87. The molecular formula is C10H13FN2O3S. The van der Waals surface area contributed by atoms with Gasteiger partial charge >= 0.3 is 0 Å². The van der Waals surface area contributed by atoms with E-state index in [-0.39, 0.29) is 10.6 Å². The third-order valence-corrected chi connectivity index (χ3v) is 3.79. The molecule has 0 unspecified atom stereocenters. The van der Waals surface area contributed by atoms with Crippen LogP contribution in [0.2, 0.25) is 0 Å². The summed E-state index contributed by atoms with van der Waals surface area (Å²) in [4.78, 5) is 12.3. The summed E-state index contributed by atoms with van der Waals surface area (Å²) in [5.41, 5.74) is 5.22. The summed E-state index contributed by atoms with van der Waals surface area (Å²) < 4.78 is 36.4. The lowest BCUT2D eigenvalue weighted by Gasteiger charge is -2.11. The van der Waals surface area contributed by atoms with E-state index in [0.717, 1.165) is 23.1 Å². The summed E-state index contributed by atoms with van der Waals surface area (Å²) in [7, 11) is -0.934. The molecule has 1 aromatic rings. The van der Waals surface area contributed by atoms with Crippen molar-refractivity contribution in [1.29, 1.82) is 0 Å². The number of amides is 1. The molecule has 0 bridgehead atoms. The van der Waals surface area contributed by atoms with Crippen molar-refractivity contribution < 1.29 is 17.6 Å². The molecule has 1 amide bonds. The number of rotatable bonds is 3. The average Bonchev–Trinajstić information content (AvgIpc) is 2.15. The van der Waals surface area contributed by atoms with Gasteiger partial charge in [-0.25, -0.2) is 12.8 Å². The minimum Gasteiger partial charge on any atom is -0.398 e. The van der Waals surface area contributed by atoms with E-state index in [0.29, 0.717) is 0 Å². The molecule has 0 atom stereocenters. The van der Waals surface area contributed by atoms with Crippen LogP contribution in [-0.4, -0.2) is 39.1 Å². The number of carbonyl (C=O) groups excluding carboxylic acids is 1. The zero-order valence-corrected chi connectivity index (χ0v) is 10.3. The number of hydrogen-bond donors (Lipinski definition) is 1. The molecule has 5 nitrogen and oxygen atoms in total. The fraction of sp³-hybridized carbons (Fsp3) is 0.300. The Labute approximate surface area is 98.9 Å². The Bertz CT molecular complexity index is 540. The molecule has 0 aliphatic rings. The van der Waals surface area contributed by atoms with Gasteiger partial charge in [0.2, 0.25) is 5.91 Å². The Kier molecular flexibility index (Phi) is 3.72. The molecule has 1 rings (SSSR count). The summed E-state index contributed by atoms with van der Waals surface area (Å²) >= 11 is 0. The minimum absolute atomic E-state index is 0.198. The van der Waals surface area contributed by atoms with Crippen molar-refractivity contribution in [2.75, 3.05) is 25.6 Å². The molecule has 0 saturated carbocycles. The van der Waals surface area contributed by atoms with E-state index < -0.39 is 27.3 Å². The van der Waals surface area contributed by atoms with Gasteiger partial charge in [0.05, 0.1) is 10.6 Å². The van der Waals surface area contributed by atoms with Gasteiger partial charge in [-0.3, -0.25) is 4.79 Å². The SMILES string of the molecule is CN(C)C(=O)CS(=O)(=O)c1ccc(F)cc1N. The predicted octanol–water partition coefficient (Wildman–Crippen LogP) is 0.270. The van der Waals surface area contributed by atoms with Gasteiger partial charge in [0.25, 0.3) is 0 Å².